The number of allylic oxidation sites excluding steroid dienone is 1. The third-order valence-corrected chi connectivity index (χ3v) is 4.68. The second kappa shape index (κ2) is 6.00. The van der Waals surface area contributed by atoms with Crippen LogP contribution in [0.5, 0.6) is 5.75 Å². The maximum absolute atomic E-state index is 12.4. The number of nitrogens with zero attached hydrogens (tertiary/aromatic N) is 1. The molecule has 2 aromatic carbocycles. The zero-order chi connectivity index (χ0) is 15.5. The van der Waals surface area contributed by atoms with Crippen molar-refractivity contribution in [1.82, 2.24) is 0 Å². The van der Waals surface area contributed by atoms with Crippen molar-refractivity contribution in [1.29, 1.82) is 5.26 Å². The minimum Gasteiger partial charge on any atom is -0.507 e. The van der Waals surface area contributed by atoms with Crippen molar-refractivity contribution in [3.8, 4) is 11.8 Å². The molecule has 0 aliphatic carbocycles. The topological polar surface area (TPSA) is 78.2 Å². The molecule has 0 saturated carbocycles. The molecule has 0 heterocycles. The second-order valence-electron chi connectivity index (χ2n) is 4.14. The molecule has 6 heteroatoms. The van der Waals surface area contributed by atoms with Gasteiger partial charge in [-0.25, -0.2) is 8.42 Å². The van der Waals surface area contributed by atoms with Crippen LogP contribution in [0.1, 0.15) is 5.56 Å². The van der Waals surface area contributed by atoms with E-state index < -0.39 is 14.7 Å². The first-order valence-electron chi connectivity index (χ1n) is 5.85. The molecule has 0 spiro atoms. The molecule has 0 aromatic heterocycles. The van der Waals surface area contributed by atoms with Gasteiger partial charge in [0, 0.05) is 10.6 Å². The highest BCUT2D eigenvalue weighted by Gasteiger charge is 2.21. The predicted octanol–water partition coefficient (Wildman–Crippen LogP) is 3.38. The smallest absolute Gasteiger partial charge is 0.216 e. The van der Waals surface area contributed by atoms with Crippen LogP contribution < -0.4 is 0 Å². The van der Waals surface area contributed by atoms with Gasteiger partial charge in [0.05, 0.1) is 4.90 Å². The maximum atomic E-state index is 12.4. The average molecular weight is 320 g/mol. The van der Waals surface area contributed by atoms with Crippen molar-refractivity contribution in [3.05, 3.63) is 64.0 Å². The van der Waals surface area contributed by atoms with Crippen molar-refractivity contribution in [3.63, 3.8) is 0 Å². The summed E-state index contributed by atoms with van der Waals surface area (Å²) in [5, 5.41) is 19.2. The van der Waals surface area contributed by atoms with Crippen molar-refractivity contribution in [2.45, 2.75) is 4.90 Å². The highest BCUT2D eigenvalue weighted by molar-refractivity contribution is 7.95. The molecule has 0 aliphatic heterocycles. The molecule has 2 aromatic rings. The quantitative estimate of drug-likeness (QED) is 0.880. The van der Waals surface area contributed by atoms with E-state index in [0.29, 0.717) is 5.02 Å². The fraction of sp³-hybridized carbons (Fsp3) is 0. The number of halogens is 1. The summed E-state index contributed by atoms with van der Waals surface area (Å²) in [4.78, 5) is -0.485. The predicted molar refractivity (Wildman–Crippen MR) is 80.3 cm³/mol. The first-order chi connectivity index (χ1) is 9.95. The van der Waals surface area contributed by atoms with Crippen molar-refractivity contribution >= 4 is 27.5 Å². The third kappa shape index (κ3) is 3.24. The lowest BCUT2D eigenvalue weighted by Gasteiger charge is -2.04. The van der Waals surface area contributed by atoms with Gasteiger partial charge in [-0.3, -0.25) is 0 Å². The van der Waals surface area contributed by atoms with E-state index in [1.165, 1.54) is 36.4 Å². The number of para-hydroxylation sites is 1. The van der Waals surface area contributed by atoms with Crippen LogP contribution in [0.3, 0.4) is 0 Å². The zero-order valence-electron chi connectivity index (χ0n) is 10.7. The minimum atomic E-state index is -3.95. The van der Waals surface area contributed by atoms with E-state index in [4.69, 9.17) is 16.9 Å². The first kappa shape index (κ1) is 15.1. The molecule has 2 rings (SSSR count). The third-order valence-electron chi connectivity index (χ3n) is 2.75. The molecule has 0 amide bonds. The Morgan fingerprint density at radius 1 is 1.14 bits per heavy atom. The summed E-state index contributed by atoms with van der Waals surface area (Å²) in [6, 6.07) is 13.4. The number of aromatic hydroxyl groups is 1. The summed E-state index contributed by atoms with van der Waals surface area (Å²) in [5.41, 5.74) is 0.256. The number of sulfone groups is 1. The Morgan fingerprint density at radius 2 is 1.76 bits per heavy atom. The van der Waals surface area contributed by atoms with E-state index in [9.17, 15) is 13.5 Å². The molecule has 4 nitrogen and oxygen atoms in total. The monoisotopic (exact) mass is 319 g/mol. The van der Waals surface area contributed by atoms with Gasteiger partial charge in [-0.2, -0.15) is 5.26 Å². The van der Waals surface area contributed by atoms with Gasteiger partial charge in [-0.15, -0.1) is 0 Å². The number of benzene rings is 2. The summed E-state index contributed by atoms with van der Waals surface area (Å²) >= 11 is 5.72. The lowest BCUT2D eigenvalue weighted by atomic mass is 10.2. The van der Waals surface area contributed by atoms with Gasteiger partial charge in [0.1, 0.15) is 16.7 Å². The average Bonchev–Trinajstić information content (AvgIpc) is 2.46. The van der Waals surface area contributed by atoms with Gasteiger partial charge in [0.2, 0.25) is 9.84 Å². The van der Waals surface area contributed by atoms with Crippen molar-refractivity contribution in [2.24, 2.45) is 0 Å². The first-order valence-corrected chi connectivity index (χ1v) is 7.71. The molecule has 21 heavy (non-hydrogen) atoms. The van der Waals surface area contributed by atoms with E-state index in [1.54, 1.807) is 18.2 Å². The molecule has 0 radical (unpaired) electrons. The van der Waals surface area contributed by atoms with E-state index in [-0.39, 0.29) is 16.2 Å². The number of rotatable bonds is 3. The number of phenolic OH excluding ortho intramolecular Hbond substituents is 1. The summed E-state index contributed by atoms with van der Waals surface area (Å²) in [6.07, 6.45) is 1.14. The van der Waals surface area contributed by atoms with Crippen LogP contribution in [0.15, 0.2) is 58.3 Å². The Hall–Kier alpha value is -2.29. The maximum Gasteiger partial charge on any atom is 0.216 e. The van der Waals surface area contributed by atoms with Crippen LogP contribution >= 0.6 is 11.6 Å². The molecule has 0 fully saturated rings. The molecular weight excluding hydrogens is 310 g/mol. The summed E-state index contributed by atoms with van der Waals surface area (Å²) < 4.78 is 24.7. The van der Waals surface area contributed by atoms with Crippen LogP contribution in [-0.2, 0) is 9.84 Å². The van der Waals surface area contributed by atoms with Gasteiger partial charge >= 0.3 is 0 Å². The molecule has 0 saturated heterocycles. The molecule has 0 unspecified atom stereocenters. The van der Waals surface area contributed by atoms with Gasteiger partial charge in [0.25, 0.3) is 0 Å². The summed E-state index contributed by atoms with van der Waals surface area (Å²) in [6.45, 7) is 0. The standard InChI is InChI=1S/C15H10ClNO3S/c16-12-5-7-13(8-6-12)21(19,20)14(10-17)9-11-3-1-2-4-15(11)18/h1-9,18H. The van der Waals surface area contributed by atoms with Crippen LogP contribution in [0, 0.1) is 11.3 Å². The van der Waals surface area contributed by atoms with E-state index >= 15 is 0 Å². The number of nitriles is 1. The Labute approximate surface area is 127 Å². The van der Waals surface area contributed by atoms with Gasteiger partial charge in [0.15, 0.2) is 0 Å². The van der Waals surface area contributed by atoms with Crippen LogP contribution in [0.2, 0.25) is 5.02 Å². The normalized spacial score (nSPS) is 11.9. The molecule has 1 N–H and O–H groups in total. The molecular formula is C15H10ClNO3S. The Balaban J connectivity index is 2.53. The Kier molecular flexibility index (Phi) is 4.32. The Bertz CT molecular complexity index is 834. The molecule has 0 bridgehead atoms. The highest BCUT2D eigenvalue weighted by atomic mass is 35.5. The van der Waals surface area contributed by atoms with E-state index in [0.717, 1.165) is 6.08 Å². The fourth-order valence-electron chi connectivity index (χ4n) is 1.66. The van der Waals surface area contributed by atoms with Gasteiger partial charge < -0.3 is 5.11 Å². The minimum absolute atomic E-state index is 0.0323. The molecule has 0 atom stereocenters. The SMILES string of the molecule is N#CC(=Cc1ccccc1O)S(=O)(=O)c1ccc(Cl)cc1. The number of hydrogen-bond acceptors (Lipinski definition) is 4. The van der Waals surface area contributed by atoms with Gasteiger partial charge in [-0.1, -0.05) is 29.8 Å². The summed E-state index contributed by atoms with van der Waals surface area (Å²) in [7, 11) is -3.95. The van der Waals surface area contributed by atoms with E-state index in [1.807, 2.05) is 0 Å². The number of hydrogen-bond donors (Lipinski definition) is 1. The largest absolute Gasteiger partial charge is 0.507 e. The second-order valence-corrected chi connectivity index (χ2v) is 6.49. The highest BCUT2D eigenvalue weighted by Crippen LogP contribution is 2.25. The zero-order valence-corrected chi connectivity index (χ0v) is 12.3. The lowest BCUT2D eigenvalue weighted by molar-refractivity contribution is 0.474. The molecule has 0 aliphatic rings. The fourth-order valence-corrected chi connectivity index (χ4v) is 2.94. The van der Waals surface area contributed by atoms with E-state index in [2.05, 4.69) is 0 Å². The van der Waals surface area contributed by atoms with Crippen LogP contribution in [-0.4, -0.2) is 13.5 Å². The van der Waals surface area contributed by atoms with Crippen LogP contribution in [0.4, 0.5) is 0 Å². The van der Waals surface area contributed by atoms with Gasteiger partial charge in [-0.05, 0) is 36.4 Å². The lowest BCUT2D eigenvalue weighted by Crippen LogP contribution is -2.03. The Morgan fingerprint density at radius 3 is 2.33 bits per heavy atom. The van der Waals surface area contributed by atoms with Crippen molar-refractivity contribution < 1.29 is 13.5 Å². The number of phenols is 1. The van der Waals surface area contributed by atoms with Crippen LogP contribution in [0.25, 0.3) is 6.08 Å². The summed E-state index contributed by atoms with van der Waals surface area (Å²) in [5.74, 6) is -0.100. The molecule has 106 valence electrons. The van der Waals surface area contributed by atoms with Crippen molar-refractivity contribution in [2.75, 3.05) is 0 Å².